The van der Waals surface area contributed by atoms with Crippen LogP contribution in [0.2, 0.25) is 0 Å². The molecule has 71 heavy (non-hydrogen) atoms. The number of rotatable bonds is 57. The smallest absolute Gasteiger partial charge is 0.306 e. The molecule has 0 amide bonds. The minimum absolute atomic E-state index is 0.0802. The summed E-state index contributed by atoms with van der Waals surface area (Å²) < 4.78 is 16.9. The molecule has 0 aliphatic heterocycles. The Bertz CT molecular complexity index is 1230. The third-order valence-corrected chi connectivity index (χ3v) is 13.8. The Balaban J connectivity index is 4.38. The van der Waals surface area contributed by atoms with Crippen molar-refractivity contribution in [2.24, 2.45) is 0 Å². The number of unbranched alkanes of at least 4 members (excludes halogenated alkanes) is 38. The largest absolute Gasteiger partial charge is 0.462 e. The lowest BCUT2D eigenvalue weighted by molar-refractivity contribution is -0.167. The van der Waals surface area contributed by atoms with Gasteiger partial charge in [-0.1, -0.05) is 275 Å². The summed E-state index contributed by atoms with van der Waals surface area (Å²) in [6.07, 6.45) is 73.9. The fraction of sp³-hybridized carbons (Fsp3) is 0.831. The number of allylic oxidation sites excluding steroid dienone is 8. The Morgan fingerprint density at radius 1 is 0.282 bits per heavy atom. The van der Waals surface area contributed by atoms with Crippen LogP contribution in [0.5, 0.6) is 0 Å². The Morgan fingerprint density at radius 3 is 0.831 bits per heavy atom. The SMILES string of the molecule is CCCCC/C=C\C/C=C\C/C=C\CCCCCCC(=O)O[C@H](COC(=O)CCCCCCCCC/C=C\CCCCCCCC)COC(=O)CCCCCCCCCCCCCCCCCCCCC. The summed E-state index contributed by atoms with van der Waals surface area (Å²) in [5.74, 6) is -0.887. The first-order chi connectivity index (χ1) is 35.0. The second-order valence-corrected chi connectivity index (χ2v) is 21.0. The number of hydrogen-bond acceptors (Lipinski definition) is 6. The number of hydrogen-bond donors (Lipinski definition) is 0. The molecule has 0 radical (unpaired) electrons. The lowest BCUT2D eigenvalue weighted by Gasteiger charge is -2.18. The predicted octanol–water partition coefficient (Wildman–Crippen LogP) is 21.0. The first kappa shape index (κ1) is 68.4. The molecule has 0 N–H and O–H groups in total. The Hall–Kier alpha value is -2.63. The lowest BCUT2D eigenvalue weighted by atomic mass is 10.0. The monoisotopic (exact) mass is 995 g/mol. The van der Waals surface area contributed by atoms with Gasteiger partial charge in [0.15, 0.2) is 6.10 Å². The molecule has 6 heteroatoms. The minimum atomic E-state index is -0.785. The van der Waals surface area contributed by atoms with Gasteiger partial charge in [-0.05, 0) is 83.5 Å². The third kappa shape index (κ3) is 58.1. The van der Waals surface area contributed by atoms with Gasteiger partial charge < -0.3 is 14.2 Å². The van der Waals surface area contributed by atoms with E-state index in [0.717, 1.165) is 83.5 Å². The Kier molecular flexibility index (Phi) is 57.7. The number of esters is 3. The molecule has 0 aromatic heterocycles. The molecular weight excluding hydrogens is 877 g/mol. The first-order valence-corrected chi connectivity index (χ1v) is 31.1. The summed E-state index contributed by atoms with van der Waals surface area (Å²) >= 11 is 0. The zero-order chi connectivity index (χ0) is 51.4. The van der Waals surface area contributed by atoms with Crippen LogP contribution < -0.4 is 0 Å². The van der Waals surface area contributed by atoms with Gasteiger partial charge in [-0.2, -0.15) is 0 Å². The molecule has 414 valence electrons. The van der Waals surface area contributed by atoms with Crippen molar-refractivity contribution in [3.05, 3.63) is 48.6 Å². The molecule has 0 rings (SSSR count). The van der Waals surface area contributed by atoms with Gasteiger partial charge in [0.2, 0.25) is 0 Å². The highest BCUT2D eigenvalue weighted by atomic mass is 16.6. The van der Waals surface area contributed by atoms with Crippen LogP contribution in [0.25, 0.3) is 0 Å². The third-order valence-electron chi connectivity index (χ3n) is 13.8. The molecule has 0 aliphatic rings. The van der Waals surface area contributed by atoms with Crippen LogP contribution in [0.4, 0.5) is 0 Å². The van der Waals surface area contributed by atoms with Crippen LogP contribution in [0.3, 0.4) is 0 Å². The zero-order valence-electron chi connectivity index (χ0n) is 47.5. The predicted molar refractivity (Wildman–Crippen MR) is 307 cm³/mol. The highest BCUT2D eigenvalue weighted by Crippen LogP contribution is 2.17. The summed E-state index contributed by atoms with van der Waals surface area (Å²) in [4.78, 5) is 38.3. The van der Waals surface area contributed by atoms with Crippen molar-refractivity contribution in [2.45, 2.75) is 335 Å². The van der Waals surface area contributed by atoms with E-state index in [9.17, 15) is 14.4 Å². The Labute approximate surface area is 441 Å². The summed E-state index contributed by atoms with van der Waals surface area (Å²) in [6.45, 7) is 6.64. The molecule has 0 fully saturated rings. The fourth-order valence-corrected chi connectivity index (χ4v) is 9.09. The van der Waals surface area contributed by atoms with Crippen molar-refractivity contribution in [1.29, 1.82) is 0 Å². The Morgan fingerprint density at radius 2 is 0.507 bits per heavy atom. The van der Waals surface area contributed by atoms with Gasteiger partial charge in [0, 0.05) is 19.3 Å². The van der Waals surface area contributed by atoms with E-state index in [0.29, 0.717) is 19.3 Å². The van der Waals surface area contributed by atoms with Crippen LogP contribution in [-0.2, 0) is 28.6 Å². The maximum atomic E-state index is 12.9. The average Bonchev–Trinajstić information content (AvgIpc) is 3.37. The van der Waals surface area contributed by atoms with Gasteiger partial charge in [-0.25, -0.2) is 0 Å². The minimum Gasteiger partial charge on any atom is -0.462 e. The van der Waals surface area contributed by atoms with Crippen LogP contribution in [0, 0.1) is 0 Å². The van der Waals surface area contributed by atoms with Gasteiger partial charge in [-0.15, -0.1) is 0 Å². The van der Waals surface area contributed by atoms with Gasteiger partial charge in [0.1, 0.15) is 13.2 Å². The van der Waals surface area contributed by atoms with E-state index in [-0.39, 0.29) is 31.1 Å². The van der Waals surface area contributed by atoms with E-state index < -0.39 is 6.10 Å². The van der Waals surface area contributed by atoms with E-state index in [4.69, 9.17) is 14.2 Å². The zero-order valence-corrected chi connectivity index (χ0v) is 47.5. The van der Waals surface area contributed by atoms with E-state index in [1.165, 1.54) is 205 Å². The quantitative estimate of drug-likeness (QED) is 0.0261. The lowest BCUT2D eigenvalue weighted by Crippen LogP contribution is -2.30. The van der Waals surface area contributed by atoms with E-state index >= 15 is 0 Å². The molecule has 6 nitrogen and oxygen atoms in total. The van der Waals surface area contributed by atoms with Gasteiger partial charge >= 0.3 is 17.9 Å². The van der Waals surface area contributed by atoms with Gasteiger partial charge in [-0.3, -0.25) is 14.4 Å². The average molecular weight is 996 g/mol. The maximum absolute atomic E-state index is 12.9. The topological polar surface area (TPSA) is 78.9 Å². The molecule has 0 saturated carbocycles. The van der Waals surface area contributed by atoms with Crippen molar-refractivity contribution in [2.75, 3.05) is 13.2 Å². The highest BCUT2D eigenvalue weighted by Gasteiger charge is 2.19. The van der Waals surface area contributed by atoms with Crippen LogP contribution in [-0.4, -0.2) is 37.2 Å². The number of carbonyl (C=O) groups is 3. The molecule has 0 spiro atoms. The summed E-state index contributed by atoms with van der Waals surface area (Å²) in [5.41, 5.74) is 0. The summed E-state index contributed by atoms with van der Waals surface area (Å²) in [5, 5.41) is 0. The maximum Gasteiger partial charge on any atom is 0.306 e. The number of ether oxygens (including phenoxy) is 3. The number of carbonyl (C=O) groups excluding carboxylic acids is 3. The van der Waals surface area contributed by atoms with Crippen molar-refractivity contribution in [3.8, 4) is 0 Å². The fourth-order valence-electron chi connectivity index (χ4n) is 9.09. The van der Waals surface area contributed by atoms with Crippen molar-refractivity contribution in [3.63, 3.8) is 0 Å². The first-order valence-electron chi connectivity index (χ1n) is 31.1. The van der Waals surface area contributed by atoms with E-state index in [2.05, 4.69) is 69.4 Å². The molecule has 0 saturated heterocycles. The van der Waals surface area contributed by atoms with Crippen molar-refractivity contribution >= 4 is 17.9 Å². The van der Waals surface area contributed by atoms with E-state index in [1.807, 2.05) is 0 Å². The second kappa shape index (κ2) is 59.9. The van der Waals surface area contributed by atoms with Crippen LogP contribution >= 0.6 is 0 Å². The molecule has 0 aromatic carbocycles. The molecule has 1 atom stereocenters. The van der Waals surface area contributed by atoms with Crippen LogP contribution in [0.1, 0.15) is 329 Å². The van der Waals surface area contributed by atoms with Crippen molar-refractivity contribution < 1.29 is 28.6 Å². The van der Waals surface area contributed by atoms with Crippen LogP contribution in [0.15, 0.2) is 48.6 Å². The standard InChI is InChI=1S/C65H118O6/c1-4-7-10-13-16-19-22-25-28-31-32-35-37-40-43-46-49-52-55-58-64(67)70-61-62(71-65(68)59-56-53-50-47-44-41-38-34-30-27-24-21-18-15-12-9-6-3)60-69-63(66)57-54-51-48-45-42-39-36-33-29-26-23-20-17-14-11-8-5-2/h18,21,26-27,29-30,38,41,62H,4-17,19-20,22-25,28,31-37,39-40,42-61H2,1-3H3/b21-18-,29-26-,30-27-,41-38-/t62-/m1/s1. The normalized spacial score (nSPS) is 12.3. The summed E-state index contributed by atoms with van der Waals surface area (Å²) in [7, 11) is 0. The molecular formula is C65H118O6. The molecule has 0 heterocycles. The highest BCUT2D eigenvalue weighted by molar-refractivity contribution is 5.71. The van der Waals surface area contributed by atoms with E-state index in [1.54, 1.807) is 0 Å². The summed E-state index contributed by atoms with van der Waals surface area (Å²) in [6, 6.07) is 0. The van der Waals surface area contributed by atoms with Crippen molar-refractivity contribution in [1.82, 2.24) is 0 Å². The van der Waals surface area contributed by atoms with Gasteiger partial charge in [0.25, 0.3) is 0 Å². The van der Waals surface area contributed by atoms with Gasteiger partial charge in [0.05, 0.1) is 0 Å². The molecule has 0 aliphatic carbocycles. The second-order valence-electron chi connectivity index (χ2n) is 21.0. The molecule has 0 unspecified atom stereocenters. The molecule has 0 aromatic rings. The molecule has 0 bridgehead atoms.